The first-order valence-corrected chi connectivity index (χ1v) is 3.60. The molecule has 0 saturated carbocycles. The minimum absolute atomic E-state index is 0.0834. The van der Waals surface area contributed by atoms with Gasteiger partial charge in [-0.15, -0.1) is 12.6 Å². The van der Waals surface area contributed by atoms with Crippen molar-refractivity contribution in [2.24, 2.45) is 9.98 Å². The Bertz CT molecular complexity index is 231. The van der Waals surface area contributed by atoms with Gasteiger partial charge in [-0.2, -0.15) is 0 Å². The zero-order valence-corrected chi connectivity index (χ0v) is 6.12. The number of hydrogen-bond acceptors (Lipinski definition) is 4. The second-order valence-electron chi connectivity index (χ2n) is 2.17. The molecule has 3 nitrogen and oxygen atoms in total. The molecule has 2 aliphatic rings. The highest BCUT2D eigenvalue weighted by Crippen LogP contribution is 2.10. The molecule has 0 aromatic rings. The van der Waals surface area contributed by atoms with E-state index < -0.39 is 0 Å². The zero-order chi connectivity index (χ0) is 6.97. The fourth-order valence-corrected chi connectivity index (χ4v) is 1.29. The summed E-state index contributed by atoms with van der Waals surface area (Å²) in [4.78, 5) is 8.20. The Morgan fingerprint density at radius 2 is 2.50 bits per heavy atom. The topological polar surface area (TPSA) is 36.8 Å². The van der Waals surface area contributed by atoms with Crippen LogP contribution >= 0.6 is 12.6 Å². The molecule has 0 saturated heterocycles. The summed E-state index contributed by atoms with van der Waals surface area (Å²) >= 11 is 4.14. The molecular formula is C6H7N3S. The largest absolute Gasteiger partial charge is 0.274 e. The molecule has 0 aromatic carbocycles. The zero-order valence-electron chi connectivity index (χ0n) is 5.23. The van der Waals surface area contributed by atoms with Crippen LogP contribution in [-0.2, 0) is 0 Å². The van der Waals surface area contributed by atoms with Crippen LogP contribution in [-0.4, -0.2) is 23.6 Å². The summed E-state index contributed by atoms with van der Waals surface area (Å²) in [5, 5.41) is 3.12. The molecule has 10 heavy (non-hydrogen) atoms. The maximum atomic E-state index is 4.14. The fraction of sp³-hybridized carbons (Fsp3) is 0.333. The van der Waals surface area contributed by atoms with Gasteiger partial charge in [0.15, 0.2) is 0 Å². The van der Waals surface area contributed by atoms with Gasteiger partial charge in [-0.05, 0) is 6.08 Å². The van der Waals surface area contributed by atoms with Gasteiger partial charge in [0.1, 0.15) is 11.3 Å². The van der Waals surface area contributed by atoms with Crippen LogP contribution in [0.5, 0.6) is 0 Å². The summed E-state index contributed by atoms with van der Waals surface area (Å²) in [6.07, 6.45) is 5.66. The van der Waals surface area contributed by atoms with Gasteiger partial charge in [-0.25, -0.2) is 9.98 Å². The van der Waals surface area contributed by atoms with Crippen LogP contribution in [0.4, 0.5) is 0 Å². The second-order valence-corrected chi connectivity index (χ2v) is 2.66. The smallest absolute Gasteiger partial charge is 0.147 e. The summed E-state index contributed by atoms with van der Waals surface area (Å²) in [5.41, 5.74) is -0.0834. The number of amidine groups is 1. The van der Waals surface area contributed by atoms with E-state index in [4.69, 9.17) is 0 Å². The van der Waals surface area contributed by atoms with Crippen molar-refractivity contribution in [3.05, 3.63) is 12.2 Å². The predicted molar refractivity (Wildman–Crippen MR) is 44.8 cm³/mol. The monoisotopic (exact) mass is 153 g/mol. The number of thiol groups is 1. The molecule has 0 aromatic heterocycles. The molecule has 0 amide bonds. The molecule has 2 rings (SSSR count). The van der Waals surface area contributed by atoms with Crippen molar-refractivity contribution < 1.29 is 0 Å². The molecule has 0 bridgehead atoms. The maximum Gasteiger partial charge on any atom is 0.147 e. The third-order valence-electron chi connectivity index (χ3n) is 1.46. The van der Waals surface area contributed by atoms with E-state index in [2.05, 4.69) is 27.9 Å². The van der Waals surface area contributed by atoms with Gasteiger partial charge in [0.05, 0.1) is 6.04 Å². The van der Waals surface area contributed by atoms with Gasteiger partial charge in [-0.3, -0.25) is 5.32 Å². The minimum atomic E-state index is -0.0834. The van der Waals surface area contributed by atoms with Crippen LogP contribution < -0.4 is 5.32 Å². The van der Waals surface area contributed by atoms with Gasteiger partial charge in [0, 0.05) is 6.21 Å². The first kappa shape index (κ1) is 6.12. The van der Waals surface area contributed by atoms with E-state index >= 15 is 0 Å². The molecule has 0 fully saturated rings. The molecular weight excluding hydrogens is 146 g/mol. The highest BCUT2D eigenvalue weighted by atomic mass is 32.1. The highest BCUT2D eigenvalue weighted by Gasteiger charge is 2.23. The van der Waals surface area contributed by atoms with Gasteiger partial charge >= 0.3 is 0 Å². The second kappa shape index (κ2) is 2.21. The Labute approximate surface area is 64.4 Å². The van der Waals surface area contributed by atoms with Crippen LogP contribution in [0, 0.1) is 0 Å². The van der Waals surface area contributed by atoms with Crippen LogP contribution in [0.2, 0.25) is 0 Å². The maximum absolute atomic E-state index is 4.14. The molecule has 1 N–H and O–H groups in total. The third-order valence-corrected chi connectivity index (χ3v) is 1.72. The van der Waals surface area contributed by atoms with Gasteiger partial charge < -0.3 is 0 Å². The number of fused-ring (bicyclic) bond motifs is 1. The van der Waals surface area contributed by atoms with E-state index in [1.165, 1.54) is 0 Å². The van der Waals surface area contributed by atoms with Crippen molar-refractivity contribution in [2.75, 3.05) is 0 Å². The van der Waals surface area contributed by atoms with Crippen LogP contribution in [0.1, 0.15) is 0 Å². The third kappa shape index (κ3) is 0.892. The first-order chi connectivity index (χ1) is 4.86. The molecule has 0 spiro atoms. The Balaban J connectivity index is 2.29. The summed E-state index contributed by atoms with van der Waals surface area (Å²) in [6.45, 7) is 0. The fourth-order valence-electron chi connectivity index (χ4n) is 1.01. The standard InChI is InChI=1S/C6H7N3S/c10-6-8-4-2-1-3-7-5(4)9-6/h1-4,6,8,10H. The predicted octanol–water partition coefficient (Wildman–Crippen LogP) is 0.211. The Morgan fingerprint density at radius 3 is 3.30 bits per heavy atom. The lowest BCUT2D eigenvalue weighted by atomic mass is 10.2. The average molecular weight is 153 g/mol. The van der Waals surface area contributed by atoms with Gasteiger partial charge in [-0.1, -0.05) is 6.08 Å². The number of aliphatic imine (C=N–C) groups is 2. The molecule has 4 heteroatoms. The van der Waals surface area contributed by atoms with Crippen molar-refractivity contribution in [1.29, 1.82) is 0 Å². The molecule has 0 radical (unpaired) electrons. The van der Waals surface area contributed by atoms with Crippen molar-refractivity contribution in [2.45, 2.75) is 11.5 Å². The molecule has 2 unspecified atom stereocenters. The lowest BCUT2D eigenvalue weighted by Crippen LogP contribution is -2.31. The van der Waals surface area contributed by atoms with Crippen LogP contribution in [0.15, 0.2) is 22.1 Å². The summed E-state index contributed by atoms with van der Waals surface area (Å²) in [7, 11) is 0. The van der Waals surface area contributed by atoms with Crippen LogP contribution in [0.3, 0.4) is 0 Å². The Morgan fingerprint density at radius 1 is 1.60 bits per heavy atom. The Hall–Kier alpha value is -0.610. The number of nitrogens with one attached hydrogen (secondary N) is 1. The van der Waals surface area contributed by atoms with Crippen LogP contribution in [0.25, 0.3) is 0 Å². The average Bonchev–Trinajstić information content (AvgIpc) is 2.27. The normalized spacial score (nSPS) is 35.9. The molecule has 52 valence electrons. The van der Waals surface area contributed by atoms with E-state index in [-0.39, 0.29) is 11.5 Å². The quantitative estimate of drug-likeness (QED) is 0.480. The van der Waals surface area contributed by atoms with E-state index in [9.17, 15) is 0 Å². The van der Waals surface area contributed by atoms with Crippen molar-refractivity contribution in [1.82, 2.24) is 5.32 Å². The summed E-state index contributed by atoms with van der Waals surface area (Å²) in [5.74, 6) is 0.836. The minimum Gasteiger partial charge on any atom is -0.274 e. The first-order valence-electron chi connectivity index (χ1n) is 3.09. The lowest BCUT2D eigenvalue weighted by molar-refractivity contribution is 0.731. The highest BCUT2D eigenvalue weighted by molar-refractivity contribution is 7.80. The van der Waals surface area contributed by atoms with Gasteiger partial charge in [0.2, 0.25) is 0 Å². The number of dihydropyridines is 1. The van der Waals surface area contributed by atoms with Crippen molar-refractivity contribution in [3.8, 4) is 0 Å². The SMILES string of the molecule is SC1N=C2N=CC=CC2N1. The summed E-state index contributed by atoms with van der Waals surface area (Å²) < 4.78 is 0. The molecule has 2 atom stereocenters. The van der Waals surface area contributed by atoms with Gasteiger partial charge in [0.25, 0.3) is 0 Å². The van der Waals surface area contributed by atoms with Crippen molar-refractivity contribution in [3.63, 3.8) is 0 Å². The summed E-state index contributed by atoms with van der Waals surface area (Å²) in [6, 6.07) is 0.187. The van der Waals surface area contributed by atoms with E-state index in [0.717, 1.165) is 5.84 Å². The van der Waals surface area contributed by atoms with Crippen molar-refractivity contribution >= 4 is 24.7 Å². The number of rotatable bonds is 0. The Kier molecular flexibility index (Phi) is 1.35. The molecule has 2 aliphatic heterocycles. The molecule has 2 heterocycles. The van der Waals surface area contributed by atoms with E-state index in [0.29, 0.717) is 0 Å². The number of nitrogens with zero attached hydrogens (tertiary/aromatic N) is 2. The lowest BCUT2D eigenvalue weighted by Gasteiger charge is -2.07. The number of allylic oxidation sites excluding steroid dienone is 1. The van der Waals surface area contributed by atoms with E-state index in [1.54, 1.807) is 6.21 Å². The van der Waals surface area contributed by atoms with E-state index in [1.807, 2.05) is 12.2 Å². The number of hydrogen-bond donors (Lipinski definition) is 2. The molecule has 0 aliphatic carbocycles.